The van der Waals surface area contributed by atoms with Gasteiger partial charge in [0.1, 0.15) is 0 Å². The van der Waals surface area contributed by atoms with Crippen molar-refractivity contribution in [3.8, 4) is 0 Å². The molecule has 1 aliphatic heterocycles. The lowest BCUT2D eigenvalue weighted by Crippen LogP contribution is -2.30. The zero-order valence-electron chi connectivity index (χ0n) is 14.6. The summed E-state index contributed by atoms with van der Waals surface area (Å²) >= 11 is 0. The monoisotopic (exact) mass is 372 g/mol. The Kier molecular flexibility index (Phi) is 4.82. The molecule has 0 aromatic heterocycles. The lowest BCUT2D eigenvalue weighted by Gasteiger charge is -2.15. The number of nitrogens with one attached hydrogen (secondary N) is 1. The minimum atomic E-state index is -3.64. The predicted molar refractivity (Wildman–Crippen MR) is 99.2 cm³/mol. The van der Waals surface area contributed by atoms with Gasteiger partial charge < -0.3 is 5.32 Å². The van der Waals surface area contributed by atoms with Gasteiger partial charge in [-0.05, 0) is 42.3 Å². The quantitative estimate of drug-likeness (QED) is 0.892. The van der Waals surface area contributed by atoms with Crippen LogP contribution in [0.1, 0.15) is 28.4 Å². The molecule has 1 aliphatic rings. The number of benzene rings is 2. The van der Waals surface area contributed by atoms with Gasteiger partial charge in [-0.3, -0.25) is 9.59 Å². The molecule has 0 bridgehead atoms. The van der Waals surface area contributed by atoms with Crippen LogP contribution in [-0.4, -0.2) is 26.0 Å². The first kappa shape index (κ1) is 18.1. The standard InChI is InChI=1S/C19H20N2O4S/c1-13-5-3-4-6-16(13)11-20-18(22)15-7-9-17(10-8-15)21-19(23)14(2)12-26(21,24)25/h3-10,14H,11-12H2,1-2H3,(H,20,22)/t14-/m0/s1. The van der Waals surface area contributed by atoms with Crippen LogP contribution in [-0.2, 0) is 21.4 Å². The Balaban J connectivity index is 1.72. The maximum atomic E-state index is 12.3. The van der Waals surface area contributed by atoms with Crippen molar-refractivity contribution in [3.05, 3.63) is 65.2 Å². The van der Waals surface area contributed by atoms with E-state index >= 15 is 0 Å². The topological polar surface area (TPSA) is 83.6 Å². The molecule has 0 unspecified atom stereocenters. The maximum absolute atomic E-state index is 12.3. The SMILES string of the molecule is Cc1ccccc1CNC(=O)c1ccc(N2C(=O)[C@@H](C)CS2(=O)=O)cc1. The average Bonchev–Trinajstić information content (AvgIpc) is 2.81. The lowest BCUT2D eigenvalue weighted by atomic mass is 10.1. The van der Waals surface area contributed by atoms with Gasteiger partial charge in [0.05, 0.1) is 17.4 Å². The van der Waals surface area contributed by atoms with Crippen molar-refractivity contribution in [2.75, 3.05) is 10.1 Å². The Morgan fingerprint density at radius 3 is 2.38 bits per heavy atom. The number of hydrogen-bond acceptors (Lipinski definition) is 4. The third-order valence-electron chi connectivity index (χ3n) is 4.43. The second kappa shape index (κ2) is 6.92. The Bertz CT molecular complexity index is 952. The van der Waals surface area contributed by atoms with E-state index in [0.717, 1.165) is 15.4 Å². The number of anilines is 1. The highest BCUT2D eigenvalue weighted by Crippen LogP contribution is 2.28. The molecule has 26 heavy (non-hydrogen) atoms. The molecular formula is C19H20N2O4S. The molecule has 136 valence electrons. The van der Waals surface area contributed by atoms with E-state index in [0.29, 0.717) is 12.1 Å². The first-order chi connectivity index (χ1) is 12.3. The van der Waals surface area contributed by atoms with Gasteiger partial charge in [0.15, 0.2) is 0 Å². The molecule has 7 heteroatoms. The average molecular weight is 372 g/mol. The number of carbonyl (C=O) groups is 2. The summed E-state index contributed by atoms with van der Waals surface area (Å²) < 4.78 is 25.1. The highest BCUT2D eigenvalue weighted by molar-refractivity contribution is 7.94. The molecule has 6 nitrogen and oxygen atoms in total. The van der Waals surface area contributed by atoms with Gasteiger partial charge in [0.25, 0.3) is 5.91 Å². The van der Waals surface area contributed by atoms with E-state index in [4.69, 9.17) is 0 Å². The van der Waals surface area contributed by atoms with Crippen LogP contribution >= 0.6 is 0 Å². The summed E-state index contributed by atoms with van der Waals surface area (Å²) in [6.07, 6.45) is 0. The molecule has 2 aromatic carbocycles. The van der Waals surface area contributed by atoms with Gasteiger partial charge in [-0.1, -0.05) is 31.2 Å². The van der Waals surface area contributed by atoms with Crippen LogP contribution in [0.2, 0.25) is 0 Å². The Morgan fingerprint density at radius 2 is 1.81 bits per heavy atom. The summed E-state index contributed by atoms with van der Waals surface area (Å²) in [4.78, 5) is 24.4. The van der Waals surface area contributed by atoms with E-state index in [1.165, 1.54) is 24.3 Å². The van der Waals surface area contributed by atoms with Crippen LogP contribution < -0.4 is 9.62 Å². The molecule has 0 aliphatic carbocycles. The first-order valence-corrected chi connectivity index (χ1v) is 9.90. The van der Waals surface area contributed by atoms with Crippen LogP contribution in [0.5, 0.6) is 0 Å². The number of amides is 2. The summed E-state index contributed by atoms with van der Waals surface area (Å²) in [5.74, 6) is -1.45. The number of carbonyl (C=O) groups excluding carboxylic acids is 2. The molecule has 3 rings (SSSR count). The molecule has 1 atom stereocenters. The summed E-state index contributed by atoms with van der Waals surface area (Å²) in [5, 5.41) is 2.84. The van der Waals surface area contributed by atoms with Crippen molar-refractivity contribution >= 4 is 27.5 Å². The Hall–Kier alpha value is -2.67. The molecule has 0 radical (unpaired) electrons. The largest absolute Gasteiger partial charge is 0.348 e. The third kappa shape index (κ3) is 3.48. The fourth-order valence-electron chi connectivity index (χ4n) is 2.92. The second-order valence-corrected chi connectivity index (χ2v) is 8.30. The van der Waals surface area contributed by atoms with E-state index < -0.39 is 21.8 Å². The number of nitrogens with zero attached hydrogens (tertiary/aromatic N) is 1. The first-order valence-electron chi connectivity index (χ1n) is 8.29. The maximum Gasteiger partial charge on any atom is 0.251 e. The molecule has 2 aromatic rings. The molecule has 1 N–H and O–H groups in total. The van der Waals surface area contributed by atoms with Gasteiger partial charge in [-0.15, -0.1) is 0 Å². The fourth-order valence-corrected chi connectivity index (χ4v) is 4.74. The molecule has 1 heterocycles. The van der Waals surface area contributed by atoms with E-state index in [1.807, 2.05) is 31.2 Å². The normalized spacial score (nSPS) is 18.8. The Morgan fingerprint density at radius 1 is 1.15 bits per heavy atom. The van der Waals surface area contributed by atoms with E-state index in [9.17, 15) is 18.0 Å². The van der Waals surface area contributed by atoms with Gasteiger partial charge >= 0.3 is 0 Å². The summed E-state index contributed by atoms with van der Waals surface area (Å²) in [6.45, 7) is 3.97. The van der Waals surface area contributed by atoms with Crippen molar-refractivity contribution in [2.45, 2.75) is 20.4 Å². The number of rotatable bonds is 4. The third-order valence-corrected chi connectivity index (χ3v) is 6.29. The molecule has 2 amide bonds. The smallest absolute Gasteiger partial charge is 0.251 e. The highest BCUT2D eigenvalue weighted by atomic mass is 32.2. The van der Waals surface area contributed by atoms with Gasteiger partial charge in [-0.2, -0.15) is 0 Å². The van der Waals surface area contributed by atoms with Crippen LogP contribution in [0.3, 0.4) is 0 Å². The van der Waals surface area contributed by atoms with Crippen LogP contribution in [0, 0.1) is 12.8 Å². The highest BCUT2D eigenvalue weighted by Gasteiger charge is 2.41. The summed E-state index contributed by atoms with van der Waals surface area (Å²) in [7, 11) is -3.64. The predicted octanol–water partition coefficient (Wildman–Crippen LogP) is 2.24. The van der Waals surface area contributed by atoms with Crippen LogP contribution in [0.4, 0.5) is 5.69 Å². The molecule has 1 saturated heterocycles. The second-order valence-electron chi connectivity index (χ2n) is 6.44. The Labute approximate surface area is 152 Å². The minimum absolute atomic E-state index is 0.190. The lowest BCUT2D eigenvalue weighted by molar-refractivity contribution is -0.119. The summed E-state index contributed by atoms with van der Waals surface area (Å²) in [5.41, 5.74) is 2.78. The van der Waals surface area contributed by atoms with Gasteiger partial charge in [-0.25, -0.2) is 12.7 Å². The number of aryl methyl sites for hydroxylation is 1. The summed E-state index contributed by atoms with van der Waals surface area (Å²) in [6, 6.07) is 13.8. The van der Waals surface area contributed by atoms with E-state index in [2.05, 4.69) is 5.32 Å². The van der Waals surface area contributed by atoms with Gasteiger partial charge in [0, 0.05) is 12.1 Å². The van der Waals surface area contributed by atoms with Crippen molar-refractivity contribution in [2.24, 2.45) is 5.92 Å². The molecule has 0 spiro atoms. The van der Waals surface area contributed by atoms with Crippen molar-refractivity contribution in [3.63, 3.8) is 0 Å². The van der Waals surface area contributed by atoms with Crippen LogP contribution in [0.15, 0.2) is 48.5 Å². The molecular weight excluding hydrogens is 352 g/mol. The number of hydrogen-bond donors (Lipinski definition) is 1. The zero-order chi connectivity index (χ0) is 18.9. The zero-order valence-corrected chi connectivity index (χ0v) is 15.4. The fraction of sp³-hybridized carbons (Fsp3) is 0.263. The van der Waals surface area contributed by atoms with Crippen molar-refractivity contribution in [1.29, 1.82) is 0 Å². The molecule has 0 saturated carbocycles. The van der Waals surface area contributed by atoms with Crippen LogP contribution in [0.25, 0.3) is 0 Å². The van der Waals surface area contributed by atoms with Gasteiger partial charge in [0.2, 0.25) is 15.9 Å². The van der Waals surface area contributed by atoms with E-state index in [1.54, 1.807) is 6.92 Å². The van der Waals surface area contributed by atoms with E-state index in [-0.39, 0.29) is 17.3 Å². The van der Waals surface area contributed by atoms with Crippen molar-refractivity contribution < 1.29 is 18.0 Å². The minimum Gasteiger partial charge on any atom is -0.348 e. The van der Waals surface area contributed by atoms with Crippen molar-refractivity contribution in [1.82, 2.24) is 5.32 Å². The number of sulfonamides is 1. The molecule has 1 fully saturated rings.